The van der Waals surface area contributed by atoms with Crippen LogP contribution in [0.1, 0.15) is 95.2 Å². The van der Waals surface area contributed by atoms with E-state index >= 15 is 0 Å². The average molecular weight is 262 g/mol. The third-order valence-corrected chi connectivity index (χ3v) is 4.66. The lowest BCUT2D eigenvalue weighted by molar-refractivity contribution is 0.448. The van der Waals surface area contributed by atoms with E-state index in [1.165, 1.54) is 5.56 Å². The second-order valence-corrected chi connectivity index (χ2v) is 5.98. The van der Waals surface area contributed by atoms with Gasteiger partial charge in [-0.2, -0.15) is 0 Å². The van der Waals surface area contributed by atoms with Crippen molar-refractivity contribution in [1.82, 2.24) is 0 Å². The van der Waals surface area contributed by atoms with Gasteiger partial charge in [0.25, 0.3) is 0 Å². The minimum absolute atomic E-state index is 0.423. The van der Waals surface area contributed by atoms with Gasteiger partial charge in [-0.05, 0) is 53.7 Å². The van der Waals surface area contributed by atoms with Crippen molar-refractivity contribution < 1.29 is 5.11 Å². The van der Waals surface area contributed by atoms with Crippen molar-refractivity contribution in [3.63, 3.8) is 0 Å². The van der Waals surface area contributed by atoms with Crippen LogP contribution in [0, 0.1) is 0 Å². The van der Waals surface area contributed by atoms with Gasteiger partial charge >= 0.3 is 0 Å². The Morgan fingerprint density at radius 3 is 1.47 bits per heavy atom. The summed E-state index contributed by atoms with van der Waals surface area (Å²) in [4.78, 5) is 0. The number of hydrogen-bond acceptors (Lipinski definition) is 1. The fourth-order valence-electron chi connectivity index (χ4n) is 2.42. The normalized spacial score (nSPS) is 16.1. The van der Waals surface area contributed by atoms with Crippen LogP contribution in [0.3, 0.4) is 0 Å². The van der Waals surface area contributed by atoms with Crippen molar-refractivity contribution in [2.45, 2.75) is 78.6 Å². The van der Waals surface area contributed by atoms with Crippen LogP contribution >= 0.6 is 0 Å². The summed E-state index contributed by atoms with van der Waals surface area (Å²) in [5.74, 6) is 1.94. The Balaban J connectivity index is 3.37. The van der Waals surface area contributed by atoms with E-state index in [1.807, 2.05) is 0 Å². The second-order valence-electron chi connectivity index (χ2n) is 5.98. The zero-order valence-corrected chi connectivity index (χ0v) is 13.5. The zero-order chi connectivity index (χ0) is 14.6. The predicted molar refractivity (Wildman–Crippen MR) is 84.2 cm³/mol. The molecule has 1 aromatic carbocycles. The number of benzene rings is 1. The first kappa shape index (κ1) is 16.1. The smallest absolute Gasteiger partial charge is 0.122 e. The van der Waals surface area contributed by atoms with Crippen LogP contribution in [0.25, 0.3) is 0 Å². The van der Waals surface area contributed by atoms with E-state index in [1.54, 1.807) is 0 Å². The summed E-state index contributed by atoms with van der Waals surface area (Å²) in [6, 6.07) is 4.45. The zero-order valence-electron chi connectivity index (χ0n) is 13.5. The van der Waals surface area contributed by atoms with Gasteiger partial charge in [0.2, 0.25) is 0 Å². The lowest BCUT2D eigenvalue weighted by Gasteiger charge is -2.22. The van der Waals surface area contributed by atoms with Gasteiger partial charge in [0, 0.05) is 0 Å². The Kier molecular flexibility index (Phi) is 5.90. The van der Waals surface area contributed by atoms with E-state index in [4.69, 9.17) is 0 Å². The number of hydrogen-bond donors (Lipinski definition) is 1. The highest BCUT2D eigenvalue weighted by molar-refractivity contribution is 5.47. The predicted octanol–water partition coefficient (Wildman–Crippen LogP) is 5.93. The molecule has 0 radical (unpaired) electrons. The molecule has 1 N–H and O–H groups in total. The molecule has 108 valence electrons. The summed E-state index contributed by atoms with van der Waals surface area (Å²) >= 11 is 0. The van der Waals surface area contributed by atoms with E-state index in [0.717, 1.165) is 30.4 Å². The SMILES string of the molecule is CC[C@H](C)c1cc([C@@H](C)CC)c(O)c([C@@H](C)CC)c1. The molecule has 1 nitrogen and oxygen atoms in total. The lowest BCUT2D eigenvalue weighted by Crippen LogP contribution is -2.03. The van der Waals surface area contributed by atoms with Crippen molar-refractivity contribution in [2.24, 2.45) is 0 Å². The van der Waals surface area contributed by atoms with Crippen molar-refractivity contribution in [2.75, 3.05) is 0 Å². The minimum Gasteiger partial charge on any atom is -0.507 e. The molecular weight excluding hydrogens is 232 g/mol. The molecular formula is C18H30O. The van der Waals surface area contributed by atoms with E-state index < -0.39 is 0 Å². The Labute approximate surface area is 119 Å². The first-order valence-corrected chi connectivity index (χ1v) is 7.82. The van der Waals surface area contributed by atoms with Gasteiger partial charge in [-0.3, -0.25) is 0 Å². The molecule has 0 aliphatic carbocycles. The molecule has 0 saturated heterocycles. The molecule has 3 atom stereocenters. The Bertz CT molecular complexity index is 377. The van der Waals surface area contributed by atoms with Crippen LogP contribution in [0.15, 0.2) is 12.1 Å². The van der Waals surface area contributed by atoms with Crippen LogP contribution in [-0.2, 0) is 0 Å². The maximum Gasteiger partial charge on any atom is 0.122 e. The largest absolute Gasteiger partial charge is 0.507 e. The van der Waals surface area contributed by atoms with Gasteiger partial charge < -0.3 is 5.11 Å². The van der Waals surface area contributed by atoms with Crippen molar-refractivity contribution in [3.05, 3.63) is 28.8 Å². The Hall–Kier alpha value is -0.980. The summed E-state index contributed by atoms with van der Waals surface area (Å²) in [5, 5.41) is 10.6. The molecule has 0 aromatic heterocycles. The van der Waals surface area contributed by atoms with Crippen LogP contribution < -0.4 is 0 Å². The molecule has 19 heavy (non-hydrogen) atoms. The summed E-state index contributed by atoms with van der Waals surface area (Å²) in [5.41, 5.74) is 3.65. The molecule has 0 aliphatic heterocycles. The maximum absolute atomic E-state index is 10.6. The van der Waals surface area contributed by atoms with Gasteiger partial charge in [-0.25, -0.2) is 0 Å². The van der Waals surface area contributed by atoms with Gasteiger partial charge in [0.1, 0.15) is 5.75 Å². The average Bonchev–Trinajstić information content (AvgIpc) is 2.44. The van der Waals surface area contributed by atoms with Crippen LogP contribution in [0.4, 0.5) is 0 Å². The summed E-state index contributed by atoms with van der Waals surface area (Å²) < 4.78 is 0. The first-order chi connectivity index (χ1) is 8.96. The second kappa shape index (κ2) is 6.98. The summed E-state index contributed by atoms with van der Waals surface area (Å²) in [6.45, 7) is 13.3. The summed E-state index contributed by atoms with van der Waals surface area (Å²) in [6.07, 6.45) is 3.28. The molecule has 0 amide bonds. The number of aromatic hydroxyl groups is 1. The highest BCUT2D eigenvalue weighted by Gasteiger charge is 2.19. The molecule has 0 saturated carbocycles. The van der Waals surface area contributed by atoms with E-state index in [-0.39, 0.29) is 0 Å². The minimum atomic E-state index is 0.423. The Morgan fingerprint density at radius 2 is 1.16 bits per heavy atom. The third-order valence-electron chi connectivity index (χ3n) is 4.66. The van der Waals surface area contributed by atoms with Crippen LogP contribution in [-0.4, -0.2) is 5.11 Å². The monoisotopic (exact) mass is 262 g/mol. The fourth-order valence-corrected chi connectivity index (χ4v) is 2.42. The van der Waals surface area contributed by atoms with Crippen LogP contribution in [0.2, 0.25) is 0 Å². The number of phenolic OH excluding ortho intramolecular Hbond substituents is 1. The van der Waals surface area contributed by atoms with Gasteiger partial charge in [0.15, 0.2) is 0 Å². The fraction of sp³-hybridized carbons (Fsp3) is 0.667. The number of phenols is 1. The van der Waals surface area contributed by atoms with Gasteiger partial charge in [-0.1, -0.05) is 53.7 Å². The molecule has 0 aliphatic rings. The highest BCUT2D eigenvalue weighted by Crippen LogP contribution is 2.39. The molecule has 0 spiro atoms. The molecule has 1 rings (SSSR count). The first-order valence-electron chi connectivity index (χ1n) is 7.82. The molecule has 1 heteroatoms. The molecule has 1 aromatic rings. The van der Waals surface area contributed by atoms with Crippen molar-refractivity contribution in [1.29, 1.82) is 0 Å². The van der Waals surface area contributed by atoms with Crippen molar-refractivity contribution in [3.8, 4) is 5.75 Å². The topological polar surface area (TPSA) is 20.2 Å². The highest BCUT2D eigenvalue weighted by atomic mass is 16.3. The van der Waals surface area contributed by atoms with E-state index in [2.05, 4.69) is 53.7 Å². The van der Waals surface area contributed by atoms with Gasteiger partial charge in [-0.15, -0.1) is 0 Å². The van der Waals surface area contributed by atoms with Gasteiger partial charge in [0.05, 0.1) is 0 Å². The lowest BCUT2D eigenvalue weighted by atomic mass is 9.85. The quantitative estimate of drug-likeness (QED) is 0.673. The van der Waals surface area contributed by atoms with E-state index in [0.29, 0.717) is 23.5 Å². The van der Waals surface area contributed by atoms with E-state index in [9.17, 15) is 5.11 Å². The molecule has 0 bridgehead atoms. The molecule has 0 fully saturated rings. The molecule has 0 unspecified atom stereocenters. The third kappa shape index (κ3) is 3.52. The standard InChI is InChI=1S/C18H30O/c1-7-12(4)15-10-16(13(5)8-2)18(19)17(11-15)14(6)9-3/h10-14,19H,7-9H2,1-6H3/t12-,13-,14-/m0/s1. The number of rotatable bonds is 6. The maximum atomic E-state index is 10.6. The van der Waals surface area contributed by atoms with Crippen LogP contribution in [0.5, 0.6) is 5.75 Å². The van der Waals surface area contributed by atoms with Crippen molar-refractivity contribution >= 4 is 0 Å². The molecule has 0 heterocycles. The summed E-state index contributed by atoms with van der Waals surface area (Å²) in [7, 11) is 0. The Morgan fingerprint density at radius 1 is 0.789 bits per heavy atom.